The number of sulfone groups is 1. The standard InChI is InChI=1S/C34H43FN6O5S/c1-6-41(22(2)3)33(42)25-15-23(35)7-8-28(25)46-30-18-36-21-38-32(30)40-19-34(20-40)16-24(17-34)45-29-9-12-37-26-10-13-39(4)27(31(26)29)11-14-47(5,43)44/h7-9,12,15,18,21-22,24,27H,6,10-11,13-14,16-17,19-20H2,1-5H3. The molecule has 252 valence electrons. The van der Waals surface area contributed by atoms with Gasteiger partial charge in [0.05, 0.1) is 23.2 Å². The van der Waals surface area contributed by atoms with E-state index in [-0.39, 0.29) is 46.6 Å². The number of pyridine rings is 1. The number of hydrogen-bond donors (Lipinski definition) is 0. The van der Waals surface area contributed by atoms with Gasteiger partial charge in [-0.15, -0.1) is 0 Å². The summed E-state index contributed by atoms with van der Waals surface area (Å²) >= 11 is 0. The Morgan fingerprint density at radius 1 is 1.15 bits per heavy atom. The van der Waals surface area contributed by atoms with E-state index in [0.717, 1.165) is 55.9 Å². The van der Waals surface area contributed by atoms with E-state index in [4.69, 9.17) is 9.47 Å². The molecule has 1 aliphatic carbocycles. The molecule has 1 atom stereocenters. The van der Waals surface area contributed by atoms with Crippen LogP contribution in [-0.2, 0) is 16.3 Å². The topological polar surface area (TPSA) is 118 Å². The minimum atomic E-state index is -3.10. The number of likely N-dealkylation sites (N-methyl/N-ethyl adjacent to an activating group) is 1. The summed E-state index contributed by atoms with van der Waals surface area (Å²) in [5.74, 6) is 1.36. The molecule has 1 aromatic carbocycles. The van der Waals surface area contributed by atoms with Crippen molar-refractivity contribution < 1.29 is 27.1 Å². The smallest absolute Gasteiger partial charge is 0.257 e. The Morgan fingerprint density at radius 2 is 1.91 bits per heavy atom. The van der Waals surface area contributed by atoms with Gasteiger partial charge in [0.2, 0.25) is 0 Å². The molecule has 6 rings (SSSR count). The Bertz CT molecular complexity index is 1740. The summed E-state index contributed by atoms with van der Waals surface area (Å²) in [5.41, 5.74) is 2.23. The number of carbonyl (C=O) groups excluding carboxylic acids is 1. The van der Waals surface area contributed by atoms with Crippen molar-refractivity contribution in [2.24, 2.45) is 5.41 Å². The van der Waals surface area contributed by atoms with Gasteiger partial charge in [-0.2, -0.15) is 0 Å². The van der Waals surface area contributed by atoms with Crippen molar-refractivity contribution >= 4 is 21.6 Å². The molecule has 3 aromatic rings. The number of hydrogen-bond acceptors (Lipinski definition) is 10. The van der Waals surface area contributed by atoms with Gasteiger partial charge in [-0.05, 0) is 71.3 Å². The molecule has 1 spiro atoms. The highest BCUT2D eigenvalue weighted by molar-refractivity contribution is 7.90. The molecular formula is C34H43FN6O5S. The number of aromatic nitrogens is 3. The van der Waals surface area contributed by atoms with Crippen LogP contribution in [0.15, 0.2) is 43.0 Å². The van der Waals surface area contributed by atoms with Gasteiger partial charge in [0.15, 0.2) is 11.6 Å². The number of ether oxygens (including phenoxy) is 2. The van der Waals surface area contributed by atoms with Crippen LogP contribution in [0.3, 0.4) is 0 Å². The van der Waals surface area contributed by atoms with Crippen molar-refractivity contribution in [1.82, 2.24) is 24.8 Å². The lowest BCUT2D eigenvalue weighted by Crippen LogP contribution is -2.65. The Hall–Kier alpha value is -3.84. The van der Waals surface area contributed by atoms with Crippen molar-refractivity contribution in [3.63, 3.8) is 0 Å². The van der Waals surface area contributed by atoms with Gasteiger partial charge in [-0.3, -0.25) is 14.7 Å². The summed E-state index contributed by atoms with van der Waals surface area (Å²) in [5, 5.41) is 0. The molecule has 13 heteroatoms. The predicted molar refractivity (Wildman–Crippen MR) is 176 cm³/mol. The summed E-state index contributed by atoms with van der Waals surface area (Å²) in [6, 6.07) is 5.75. The average Bonchev–Trinajstić information content (AvgIpc) is 2.98. The number of rotatable bonds is 11. The van der Waals surface area contributed by atoms with Crippen LogP contribution >= 0.6 is 0 Å². The maximum absolute atomic E-state index is 14.3. The molecule has 3 aliphatic rings. The Morgan fingerprint density at radius 3 is 2.62 bits per heavy atom. The molecule has 2 aliphatic heterocycles. The van der Waals surface area contributed by atoms with Gasteiger partial charge in [0.25, 0.3) is 5.91 Å². The summed E-state index contributed by atoms with van der Waals surface area (Å²) in [6.07, 6.45) is 9.20. The molecule has 1 unspecified atom stereocenters. The molecule has 1 amide bonds. The number of carbonyl (C=O) groups is 1. The van der Waals surface area contributed by atoms with Gasteiger partial charge in [-0.1, -0.05) is 0 Å². The fraction of sp³-hybridized carbons (Fsp3) is 0.529. The molecule has 0 N–H and O–H groups in total. The number of amides is 1. The zero-order valence-electron chi connectivity index (χ0n) is 27.6. The van der Waals surface area contributed by atoms with Gasteiger partial charge in [0.1, 0.15) is 39.6 Å². The monoisotopic (exact) mass is 666 g/mol. The van der Waals surface area contributed by atoms with E-state index < -0.39 is 15.7 Å². The van der Waals surface area contributed by atoms with Gasteiger partial charge in [0, 0.05) is 68.1 Å². The molecule has 0 bridgehead atoms. The Balaban J connectivity index is 1.12. The third-order valence-electron chi connectivity index (χ3n) is 9.60. The maximum atomic E-state index is 14.3. The van der Waals surface area contributed by atoms with E-state index in [2.05, 4.69) is 24.8 Å². The quantitative estimate of drug-likeness (QED) is 0.285. The van der Waals surface area contributed by atoms with Crippen LogP contribution in [0.5, 0.6) is 17.2 Å². The molecule has 4 heterocycles. The van der Waals surface area contributed by atoms with Crippen molar-refractivity contribution in [2.75, 3.05) is 50.1 Å². The predicted octanol–water partition coefficient (Wildman–Crippen LogP) is 4.69. The third-order valence-corrected chi connectivity index (χ3v) is 10.6. The van der Waals surface area contributed by atoms with Crippen LogP contribution in [0.2, 0.25) is 0 Å². The molecule has 11 nitrogen and oxygen atoms in total. The van der Waals surface area contributed by atoms with Crippen molar-refractivity contribution in [2.45, 2.75) is 64.6 Å². The molecule has 47 heavy (non-hydrogen) atoms. The highest BCUT2D eigenvalue weighted by atomic mass is 32.2. The Labute approximate surface area is 276 Å². The first-order chi connectivity index (χ1) is 22.4. The minimum Gasteiger partial charge on any atom is -0.490 e. The first-order valence-corrected chi connectivity index (χ1v) is 18.3. The lowest BCUT2D eigenvalue weighted by Gasteiger charge is -2.59. The van der Waals surface area contributed by atoms with Crippen LogP contribution in [-0.4, -0.2) is 96.5 Å². The second-order valence-corrected chi connectivity index (χ2v) is 15.7. The van der Waals surface area contributed by atoms with Gasteiger partial charge in [-0.25, -0.2) is 22.8 Å². The average molecular weight is 667 g/mol. The van der Waals surface area contributed by atoms with Crippen LogP contribution < -0.4 is 14.4 Å². The second kappa shape index (κ2) is 13.0. The lowest BCUT2D eigenvalue weighted by atomic mass is 9.61. The number of halogens is 1. The zero-order chi connectivity index (χ0) is 33.5. The second-order valence-electron chi connectivity index (χ2n) is 13.5. The molecule has 1 saturated carbocycles. The van der Waals surface area contributed by atoms with Crippen LogP contribution in [0.1, 0.15) is 67.7 Å². The van der Waals surface area contributed by atoms with E-state index >= 15 is 0 Å². The van der Waals surface area contributed by atoms with Crippen LogP contribution in [0, 0.1) is 11.2 Å². The zero-order valence-corrected chi connectivity index (χ0v) is 28.5. The summed E-state index contributed by atoms with van der Waals surface area (Å²) in [6.45, 7) is 8.56. The highest BCUT2D eigenvalue weighted by Gasteiger charge is 2.54. The number of fused-ring (bicyclic) bond motifs is 1. The summed E-state index contributed by atoms with van der Waals surface area (Å²) in [4.78, 5) is 32.6. The summed E-state index contributed by atoms with van der Waals surface area (Å²) < 4.78 is 51.0. The van der Waals surface area contributed by atoms with E-state index in [0.29, 0.717) is 24.5 Å². The van der Waals surface area contributed by atoms with Crippen LogP contribution in [0.25, 0.3) is 0 Å². The maximum Gasteiger partial charge on any atom is 0.257 e. The van der Waals surface area contributed by atoms with E-state index in [1.807, 2.05) is 33.9 Å². The lowest BCUT2D eigenvalue weighted by molar-refractivity contribution is -0.0355. The van der Waals surface area contributed by atoms with Crippen molar-refractivity contribution in [3.8, 4) is 17.2 Å². The Kier molecular flexibility index (Phi) is 9.14. The number of nitrogens with zero attached hydrogens (tertiary/aromatic N) is 6. The fourth-order valence-corrected chi connectivity index (χ4v) is 7.89. The molecular weight excluding hydrogens is 623 g/mol. The number of benzene rings is 1. The van der Waals surface area contributed by atoms with Gasteiger partial charge >= 0.3 is 0 Å². The molecule has 0 radical (unpaired) electrons. The number of anilines is 1. The molecule has 1 saturated heterocycles. The SMILES string of the molecule is CCN(C(=O)c1cc(F)ccc1Oc1cncnc1N1CC2(CC(Oc3ccnc4c3C(CCS(C)(=O)=O)N(C)CC4)C2)C1)C(C)C. The van der Waals surface area contributed by atoms with E-state index in [1.54, 1.807) is 17.3 Å². The fourth-order valence-electron chi connectivity index (χ4n) is 7.24. The summed E-state index contributed by atoms with van der Waals surface area (Å²) in [7, 11) is -1.07. The normalized spacial score (nSPS) is 19.2. The van der Waals surface area contributed by atoms with Crippen molar-refractivity contribution in [3.05, 3.63) is 65.6 Å². The van der Waals surface area contributed by atoms with Gasteiger partial charge < -0.3 is 19.3 Å². The van der Waals surface area contributed by atoms with Crippen LogP contribution in [0.4, 0.5) is 10.2 Å². The minimum absolute atomic E-state index is 0.0443. The largest absolute Gasteiger partial charge is 0.490 e. The third kappa shape index (κ3) is 6.92. The first kappa shape index (κ1) is 33.1. The first-order valence-electron chi connectivity index (χ1n) is 16.2. The van der Waals surface area contributed by atoms with Crippen molar-refractivity contribution in [1.29, 1.82) is 0 Å². The molecule has 2 aromatic heterocycles. The van der Waals surface area contributed by atoms with E-state index in [1.165, 1.54) is 30.8 Å². The molecule has 2 fully saturated rings. The highest BCUT2D eigenvalue weighted by Crippen LogP contribution is 2.52. The van der Waals surface area contributed by atoms with E-state index in [9.17, 15) is 17.6 Å².